The van der Waals surface area contributed by atoms with Gasteiger partial charge in [0.2, 0.25) is 0 Å². The van der Waals surface area contributed by atoms with Crippen molar-refractivity contribution in [3.8, 4) is 0 Å². The molecule has 0 atom stereocenters. The van der Waals surface area contributed by atoms with Crippen molar-refractivity contribution in [2.45, 2.75) is 6.92 Å². The summed E-state index contributed by atoms with van der Waals surface area (Å²) in [6, 6.07) is 3.37. The molecule has 0 saturated carbocycles. The number of halogens is 2. The SMILES string of the molecule is Cc1nc2c(Br)ccc(Cl)c2c(=O)o1. The van der Waals surface area contributed by atoms with E-state index in [1.165, 1.54) is 0 Å². The van der Waals surface area contributed by atoms with Crippen molar-refractivity contribution in [2.75, 3.05) is 0 Å². The van der Waals surface area contributed by atoms with Crippen LogP contribution in [0.25, 0.3) is 10.9 Å². The van der Waals surface area contributed by atoms with E-state index in [0.29, 0.717) is 21.8 Å². The van der Waals surface area contributed by atoms with Gasteiger partial charge in [-0.1, -0.05) is 11.6 Å². The van der Waals surface area contributed by atoms with Crippen LogP contribution in [0.15, 0.2) is 25.8 Å². The Morgan fingerprint density at radius 3 is 2.93 bits per heavy atom. The topological polar surface area (TPSA) is 43.1 Å². The second-order valence-corrected chi connectivity index (χ2v) is 4.03. The van der Waals surface area contributed by atoms with Gasteiger partial charge in [0, 0.05) is 11.4 Å². The van der Waals surface area contributed by atoms with Crippen LogP contribution in [0.5, 0.6) is 0 Å². The number of rotatable bonds is 0. The van der Waals surface area contributed by atoms with Gasteiger partial charge in [-0.3, -0.25) is 0 Å². The van der Waals surface area contributed by atoms with Crippen LogP contribution in [0.4, 0.5) is 0 Å². The van der Waals surface area contributed by atoms with Gasteiger partial charge in [0.25, 0.3) is 0 Å². The van der Waals surface area contributed by atoms with Crippen LogP contribution >= 0.6 is 27.5 Å². The highest BCUT2D eigenvalue weighted by Crippen LogP contribution is 2.26. The molecule has 0 amide bonds. The lowest BCUT2D eigenvalue weighted by Crippen LogP contribution is -2.03. The number of aromatic nitrogens is 1. The van der Waals surface area contributed by atoms with Crippen LogP contribution in [0.3, 0.4) is 0 Å². The molecule has 0 aliphatic heterocycles. The van der Waals surface area contributed by atoms with Crippen LogP contribution in [0, 0.1) is 6.92 Å². The van der Waals surface area contributed by atoms with Crippen LogP contribution < -0.4 is 5.63 Å². The van der Waals surface area contributed by atoms with Crippen molar-refractivity contribution in [3.63, 3.8) is 0 Å². The predicted octanol–water partition coefficient (Wildman–Crippen LogP) is 2.91. The lowest BCUT2D eigenvalue weighted by atomic mass is 10.2. The fourth-order valence-corrected chi connectivity index (χ4v) is 1.86. The molecule has 0 bridgehead atoms. The molecule has 2 aromatic rings. The standard InChI is InChI=1S/C9H5BrClNO2/c1-4-12-8-5(10)2-3-6(11)7(8)9(13)14-4/h2-3H,1H3. The van der Waals surface area contributed by atoms with Gasteiger partial charge in [0.05, 0.1) is 10.5 Å². The maximum atomic E-state index is 11.5. The molecule has 0 fully saturated rings. The molecule has 1 heterocycles. The van der Waals surface area contributed by atoms with Gasteiger partial charge in [-0.25, -0.2) is 9.78 Å². The van der Waals surface area contributed by atoms with Gasteiger partial charge in [-0.2, -0.15) is 0 Å². The number of benzene rings is 1. The smallest absolute Gasteiger partial charge is 0.348 e. The maximum Gasteiger partial charge on any atom is 0.348 e. The second kappa shape index (κ2) is 3.37. The van der Waals surface area contributed by atoms with E-state index in [4.69, 9.17) is 16.0 Å². The van der Waals surface area contributed by atoms with Crippen LogP contribution in [0.1, 0.15) is 5.89 Å². The normalized spacial score (nSPS) is 10.8. The summed E-state index contributed by atoms with van der Waals surface area (Å²) in [7, 11) is 0. The van der Waals surface area contributed by atoms with Gasteiger partial charge >= 0.3 is 5.63 Å². The lowest BCUT2D eigenvalue weighted by Gasteiger charge is -2.00. The molecule has 0 aliphatic rings. The Bertz CT molecular complexity index is 564. The average molecular weight is 275 g/mol. The monoisotopic (exact) mass is 273 g/mol. The van der Waals surface area contributed by atoms with E-state index in [1.54, 1.807) is 19.1 Å². The number of hydrogen-bond acceptors (Lipinski definition) is 3. The van der Waals surface area contributed by atoms with E-state index in [2.05, 4.69) is 20.9 Å². The molecule has 0 aliphatic carbocycles. The van der Waals surface area contributed by atoms with Crippen molar-refractivity contribution in [1.82, 2.24) is 4.98 Å². The van der Waals surface area contributed by atoms with E-state index in [1.807, 2.05) is 0 Å². The van der Waals surface area contributed by atoms with E-state index >= 15 is 0 Å². The fraction of sp³-hybridized carbons (Fsp3) is 0.111. The summed E-state index contributed by atoms with van der Waals surface area (Å²) in [6.45, 7) is 1.62. The summed E-state index contributed by atoms with van der Waals surface area (Å²) in [5, 5.41) is 0.663. The summed E-state index contributed by atoms with van der Waals surface area (Å²) in [5.74, 6) is 0.325. The van der Waals surface area contributed by atoms with Gasteiger partial charge in [-0.05, 0) is 28.1 Å². The summed E-state index contributed by atoms with van der Waals surface area (Å²) < 4.78 is 5.58. The lowest BCUT2D eigenvalue weighted by molar-refractivity contribution is 0.467. The quantitative estimate of drug-likeness (QED) is 0.742. The molecule has 0 unspecified atom stereocenters. The Balaban J connectivity index is 3.08. The van der Waals surface area contributed by atoms with Crippen molar-refractivity contribution in [3.05, 3.63) is 37.9 Å². The van der Waals surface area contributed by atoms with Crippen molar-refractivity contribution >= 4 is 38.4 Å². The van der Waals surface area contributed by atoms with Gasteiger partial charge in [0.1, 0.15) is 5.39 Å². The zero-order valence-electron chi connectivity index (χ0n) is 7.17. The largest absolute Gasteiger partial charge is 0.408 e. The van der Waals surface area contributed by atoms with Crippen LogP contribution in [-0.4, -0.2) is 4.98 Å². The predicted molar refractivity (Wildman–Crippen MR) is 57.7 cm³/mol. The third-order valence-corrected chi connectivity index (χ3v) is 2.75. The number of aryl methyl sites for hydroxylation is 1. The summed E-state index contributed by atoms with van der Waals surface area (Å²) in [4.78, 5) is 15.6. The molecule has 72 valence electrons. The third kappa shape index (κ3) is 1.44. The van der Waals surface area contributed by atoms with Crippen LogP contribution in [-0.2, 0) is 0 Å². The zero-order chi connectivity index (χ0) is 10.3. The molecular weight excluding hydrogens is 269 g/mol. The molecule has 1 aromatic heterocycles. The van der Waals surface area contributed by atoms with E-state index in [-0.39, 0.29) is 0 Å². The van der Waals surface area contributed by atoms with Crippen molar-refractivity contribution in [1.29, 1.82) is 0 Å². The summed E-state index contributed by atoms with van der Waals surface area (Å²) in [6.07, 6.45) is 0. The number of nitrogens with zero attached hydrogens (tertiary/aromatic N) is 1. The first kappa shape index (κ1) is 9.68. The molecule has 0 saturated heterocycles. The van der Waals surface area contributed by atoms with Crippen molar-refractivity contribution in [2.24, 2.45) is 0 Å². The van der Waals surface area contributed by atoms with Crippen LogP contribution in [0.2, 0.25) is 5.02 Å². The first-order chi connectivity index (χ1) is 6.59. The minimum absolute atomic E-state index is 0.312. The fourth-order valence-electron chi connectivity index (χ4n) is 1.21. The number of hydrogen-bond donors (Lipinski definition) is 0. The Kier molecular flexibility index (Phi) is 2.33. The first-order valence-corrected chi connectivity index (χ1v) is 5.02. The molecule has 5 heteroatoms. The highest BCUT2D eigenvalue weighted by molar-refractivity contribution is 9.10. The van der Waals surface area contributed by atoms with E-state index < -0.39 is 5.63 Å². The van der Waals surface area contributed by atoms with E-state index in [9.17, 15) is 4.79 Å². The molecule has 3 nitrogen and oxygen atoms in total. The molecule has 14 heavy (non-hydrogen) atoms. The molecular formula is C9H5BrClNO2. The minimum atomic E-state index is -0.459. The van der Waals surface area contributed by atoms with Crippen molar-refractivity contribution < 1.29 is 4.42 Å². The summed E-state index contributed by atoms with van der Waals surface area (Å²) >= 11 is 9.16. The van der Waals surface area contributed by atoms with Gasteiger partial charge < -0.3 is 4.42 Å². The summed E-state index contributed by atoms with van der Waals surface area (Å²) in [5.41, 5.74) is 0.0741. The molecule has 1 aromatic carbocycles. The molecule has 0 spiro atoms. The highest BCUT2D eigenvalue weighted by Gasteiger charge is 2.10. The zero-order valence-corrected chi connectivity index (χ0v) is 9.52. The Morgan fingerprint density at radius 2 is 2.21 bits per heavy atom. The molecule has 0 radical (unpaired) electrons. The minimum Gasteiger partial charge on any atom is -0.408 e. The maximum absolute atomic E-state index is 11.5. The first-order valence-electron chi connectivity index (χ1n) is 3.85. The molecule has 0 N–H and O–H groups in total. The molecule has 2 rings (SSSR count). The Morgan fingerprint density at radius 1 is 1.50 bits per heavy atom. The Labute approximate surface area is 92.8 Å². The second-order valence-electron chi connectivity index (χ2n) is 2.77. The average Bonchev–Trinajstić information content (AvgIpc) is 2.10. The third-order valence-electron chi connectivity index (χ3n) is 1.79. The highest BCUT2D eigenvalue weighted by atomic mass is 79.9. The van der Waals surface area contributed by atoms with Gasteiger partial charge in [-0.15, -0.1) is 0 Å². The Hall–Kier alpha value is -0.870. The van der Waals surface area contributed by atoms with Gasteiger partial charge in [0.15, 0.2) is 5.89 Å². The van der Waals surface area contributed by atoms with E-state index in [0.717, 1.165) is 4.47 Å². The number of fused-ring (bicyclic) bond motifs is 1.